The Balaban J connectivity index is 1.61. The van der Waals surface area contributed by atoms with E-state index in [4.69, 9.17) is 4.74 Å². The number of ether oxygens (including phenoxy) is 1. The van der Waals surface area contributed by atoms with Crippen LogP contribution in [0.5, 0.6) is 0 Å². The summed E-state index contributed by atoms with van der Waals surface area (Å²) < 4.78 is 18.0. The fourth-order valence-electron chi connectivity index (χ4n) is 2.39. The first kappa shape index (κ1) is 15.0. The van der Waals surface area contributed by atoms with Crippen molar-refractivity contribution in [3.8, 4) is 0 Å². The van der Waals surface area contributed by atoms with Gasteiger partial charge < -0.3 is 10.1 Å². The van der Waals surface area contributed by atoms with Crippen molar-refractivity contribution in [2.24, 2.45) is 0 Å². The molecule has 6 heteroatoms. The first-order valence-corrected chi connectivity index (χ1v) is 7.20. The highest BCUT2D eigenvalue weighted by Crippen LogP contribution is 2.21. The number of amides is 2. The summed E-state index contributed by atoms with van der Waals surface area (Å²) >= 11 is 0. The Hall–Kier alpha value is -2.89. The molecule has 2 aromatic carbocycles. The molecule has 5 nitrogen and oxygen atoms in total. The van der Waals surface area contributed by atoms with E-state index in [0.717, 1.165) is 5.69 Å². The molecule has 2 amide bonds. The molecule has 1 fully saturated rings. The van der Waals surface area contributed by atoms with Crippen molar-refractivity contribution in [1.29, 1.82) is 0 Å². The number of hydrogen-bond acceptors (Lipinski definition) is 3. The molecular formula is C17H15FN2O3. The summed E-state index contributed by atoms with van der Waals surface area (Å²) in [5.74, 6) is -0.596. The molecule has 0 unspecified atom stereocenters. The first-order valence-electron chi connectivity index (χ1n) is 7.20. The van der Waals surface area contributed by atoms with Crippen molar-refractivity contribution >= 4 is 23.4 Å². The number of cyclic esters (lactones) is 1. The van der Waals surface area contributed by atoms with E-state index in [2.05, 4.69) is 5.32 Å². The highest BCUT2D eigenvalue weighted by molar-refractivity contribution is 5.93. The lowest BCUT2D eigenvalue weighted by Crippen LogP contribution is -2.23. The molecule has 0 saturated carbocycles. The van der Waals surface area contributed by atoms with Crippen molar-refractivity contribution in [3.05, 3.63) is 59.9 Å². The monoisotopic (exact) mass is 314 g/mol. The SMILES string of the molecule is O=C(Cc1cccc(F)c1)Nc1ccc(N2CCOC2=O)cc1. The number of halogens is 1. The van der Waals surface area contributed by atoms with Crippen LogP contribution in [0.25, 0.3) is 0 Å². The van der Waals surface area contributed by atoms with Gasteiger partial charge in [0.2, 0.25) is 5.91 Å². The van der Waals surface area contributed by atoms with Crippen LogP contribution in [0.4, 0.5) is 20.6 Å². The van der Waals surface area contributed by atoms with E-state index in [1.807, 2.05) is 0 Å². The van der Waals surface area contributed by atoms with Crippen LogP contribution in [0.15, 0.2) is 48.5 Å². The summed E-state index contributed by atoms with van der Waals surface area (Å²) in [6, 6.07) is 12.8. The number of hydrogen-bond donors (Lipinski definition) is 1. The third kappa shape index (κ3) is 3.66. The summed E-state index contributed by atoms with van der Waals surface area (Å²) in [5, 5.41) is 2.74. The minimum absolute atomic E-state index is 0.0952. The van der Waals surface area contributed by atoms with Gasteiger partial charge in [-0.05, 0) is 42.0 Å². The van der Waals surface area contributed by atoms with Gasteiger partial charge in [-0.3, -0.25) is 9.69 Å². The van der Waals surface area contributed by atoms with Crippen LogP contribution in [0.1, 0.15) is 5.56 Å². The van der Waals surface area contributed by atoms with Gasteiger partial charge >= 0.3 is 6.09 Å². The summed E-state index contributed by atoms with van der Waals surface area (Å²) in [4.78, 5) is 25.0. The Morgan fingerprint density at radius 2 is 2.00 bits per heavy atom. The van der Waals surface area contributed by atoms with Crippen LogP contribution in [0.3, 0.4) is 0 Å². The predicted molar refractivity (Wildman–Crippen MR) is 83.9 cm³/mol. The normalized spacial score (nSPS) is 13.8. The van der Waals surface area contributed by atoms with Gasteiger partial charge in [0.25, 0.3) is 0 Å². The van der Waals surface area contributed by atoms with E-state index in [1.165, 1.54) is 17.0 Å². The zero-order valence-corrected chi connectivity index (χ0v) is 12.3. The number of nitrogens with one attached hydrogen (secondary N) is 1. The minimum atomic E-state index is -0.368. The van der Waals surface area contributed by atoms with Crippen molar-refractivity contribution in [2.45, 2.75) is 6.42 Å². The summed E-state index contributed by atoms with van der Waals surface area (Å²) in [5.41, 5.74) is 1.94. The van der Waals surface area contributed by atoms with E-state index in [9.17, 15) is 14.0 Å². The van der Waals surface area contributed by atoms with Gasteiger partial charge in [-0.2, -0.15) is 0 Å². The Morgan fingerprint density at radius 3 is 2.65 bits per heavy atom. The van der Waals surface area contributed by atoms with Gasteiger partial charge in [-0.15, -0.1) is 0 Å². The zero-order chi connectivity index (χ0) is 16.2. The maximum Gasteiger partial charge on any atom is 0.414 e. The van der Waals surface area contributed by atoms with Gasteiger partial charge in [0, 0.05) is 11.4 Å². The Morgan fingerprint density at radius 1 is 1.22 bits per heavy atom. The van der Waals surface area contributed by atoms with Crippen molar-refractivity contribution in [1.82, 2.24) is 0 Å². The van der Waals surface area contributed by atoms with Crippen molar-refractivity contribution < 1.29 is 18.7 Å². The number of benzene rings is 2. The molecule has 1 heterocycles. The lowest BCUT2D eigenvalue weighted by atomic mass is 10.1. The number of carbonyl (C=O) groups is 2. The molecule has 1 saturated heterocycles. The molecule has 0 bridgehead atoms. The van der Waals surface area contributed by atoms with Gasteiger partial charge in [-0.25, -0.2) is 9.18 Å². The highest BCUT2D eigenvalue weighted by Gasteiger charge is 2.23. The van der Waals surface area contributed by atoms with Gasteiger partial charge in [0.1, 0.15) is 12.4 Å². The maximum atomic E-state index is 13.1. The van der Waals surface area contributed by atoms with E-state index in [0.29, 0.717) is 24.4 Å². The Labute approximate surface area is 132 Å². The second kappa shape index (κ2) is 6.48. The number of rotatable bonds is 4. The smallest absolute Gasteiger partial charge is 0.414 e. The van der Waals surface area contributed by atoms with E-state index in [1.54, 1.807) is 36.4 Å². The zero-order valence-electron chi connectivity index (χ0n) is 12.3. The Kier molecular flexibility index (Phi) is 4.23. The first-order chi connectivity index (χ1) is 11.1. The molecule has 0 aromatic heterocycles. The Bertz CT molecular complexity index is 731. The second-order valence-corrected chi connectivity index (χ2v) is 5.17. The average Bonchev–Trinajstić information content (AvgIpc) is 2.94. The van der Waals surface area contributed by atoms with Crippen LogP contribution in [-0.4, -0.2) is 25.2 Å². The third-order valence-electron chi connectivity index (χ3n) is 3.48. The molecule has 1 N–H and O–H groups in total. The van der Waals surface area contributed by atoms with E-state index < -0.39 is 0 Å². The van der Waals surface area contributed by atoms with Crippen LogP contribution in [-0.2, 0) is 16.0 Å². The molecule has 1 aliphatic heterocycles. The fourth-order valence-corrected chi connectivity index (χ4v) is 2.39. The molecule has 0 radical (unpaired) electrons. The van der Waals surface area contributed by atoms with Crippen LogP contribution >= 0.6 is 0 Å². The van der Waals surface area contributed by atoms with Crippen LogP contribution in [0, 0.1) is 5.82 Å². The van der Waals surface area contributed by atoms with E-state index in [-0.39, 0.29) is 24.2 Å². The third-order valence-corrected chi connectivity index (χ3v) is 3.48. The van der Waals surface area contributed by atoms with Crippen LogP contribution < -0.4 is 10.2 Å². The number of anilines is 2. The minimum Gasteiger partial charge on any atom is -0.447 e. The fraction of sp³-hybridized carbons (Fsp3) is 0.176. The lowest BCUT2D eigenvalue weighted by Gasteiger charge is -2.13. The summed E-state index contributed by atoms with van der Waals surface area (Å²) in [6.07, 6.45) is -0.272. The molecule has 1 aliphatic rings. The molecular weight excluding hydrogens is 299 g/mol. The number of nitrogens with zero attached hydrogens (tertiary/aromatic N) is 1. The lowest BCUT2D eigenvalue weighted by molar-refractivity contribution is -0.115. The molecule has 23 heavy (non-hydrogen) atoms. The number of carbonyl (C=O) groups excluding carboxylic acids is 2. The van der Waals surface area contributed by atoms with Crippen molar-refractivity contribution in [3.63, 3.8) is 0 Å². The highest BCUT2D eigenvalue weighted by atomic mass is 19.1. The predicted octanol–water partition coefficient (Wildman–Crippen LogP) is 2.96. The van der Waals surface area contributed by atoms with Crippen molar-refractivity contribution in [2.75, 3.05) is 23.4 Å². The van der Waals surface area contributed by atoms with Gasteiger partial charge in [0.15, 0.2) is 0 Å². The van der Waals surface area contributed by atoms with Gasteiger partial charge in [0.05, 0.1) is 13.0 Å². The maximum absolute atomic E-state index is 13.1. The average molecular weight is 314 g/mol. The topological polar surface area (TPSA) is 58.6 Å². The van der Waals surface area contributed by atoms with Gasteiger partial charge in [-0.1, -0.05) is 12.1 Å². The molecule has 0 aliphatic carbocycles. The second-order valence-electron chi connectivity index (χ2n) is 5.17. The molecule has 0 atom stereocenters. The molecule has 3 rings (SSSR count). The summed E-state index contributed by atoms with van der Waals surface area (Å²) in [7, 11) is 0. The summed E-state index contributed by atoms with van der Waals surface area (Å²) in [6.45, 7) is 0.898. The molecule has 2 aromatic rings. The molecule has 0 spiro atoms. The quantitative estimate of drug-likeness (QED) is 0.944. The largest absolute Gasteiger partial charge is 0.447 e. The standard InChI is InChI=1S/C17H15FN2O3/c18-13-3-1-2-12(10-13)11-16(21)19-14-4-6-15(7-5-14)20-8-9-23-17(20)22/h1-7,10H,8-9,11H2,(H,19,21). The molecule has 118 valence electrons. The van der Waals surface area contributed by atoms with E-state index >= 15 is 0 Å². The van der Waals surface area contributed by atoms with Crippen LogP contribution in [0.2, 0.25) is 0 Å².